The Balaban J connectivity index is 1.92. The third kappa shape index (κ3) is 4.14. The van der Waals surface area contributed by atoms with Gasteiger partial charge in [-0.15, -0.1) is 0 Å². The van der Waals surface area contributed by atoms with E-state index in [9.17, 15) is 4.79 Å². The van der Waals surface area contributed by atoms with Crippen molar-refractivity contribution in [1.82, 2.24) is 5.32 Å². The summed E-state index contributed by atoms with van der Waals surface area (Å²) in [6.45, 7) is 2.08. The highest BCUT2D eigenvalue weighted by atomic mass is 32.2. The zero-order valence-corrected chi connectivity index (χ0v) is 17.1. The zero-order chi connectivity index (χ0) is 20.1. The number of rotatable bonds is 6. The first kappa shape index (κ1) is 19.8. The van der Waals surface area contributed by atoms with Crippen molar-refractivity contribution in [2.75, 3.05) is 21.3 Å². The van der Waals surface area contributed by atoms with E-state index in [4.69, 9.17) is 14.2 Å². The standard InChI is InChI=1S/C21H22N2O4S/c1-5-14-8-6-7-9-15(14)22-21-23-20(24)18(28-21)12-13-10-16(25-2)19(27-4)17(11-13)26-3/h6-12H,5H2,1-4H3,(H,22,23,24)/b18-12+. The molecule has 1 aliphatic rings. The van der Waals surface area contributed by atoms with Crippen LogP contribution >= 0.6 is 11.8 Å². The van der Waals surface area contributed by atoms with Crippen molar-refractivity contribution >= 4 is 34.6 Å². The van der Waals surface area contributed by atoms with Gasteiger partial charge in [-0.1, -0.05) is 25.1 Å². The maximum atomic E-state index is 12.4. The molecule has 1 N–H and O–H groups in total. The van der Waals surface area contributed by atoms with Gasteiger partial charge in [-0.3, -0.25) is 4.79 Å². The minimum absolute atomic E-state index is 0.188. The molecule has 0 radical (unpaired) electrons. The van der Waals surface area contributed by atoms with Gasteiger partial charge in [0.1, 0.15) is 0 Å². The number of thioether (sulfide) groups is 1. The number of para-hydroxylation sites is 1. The minimum Gasteiger partial charge on any atom is -0.493 e. The first-order valence-corrected chi connectivity index (χ1v) is 9.58. The molecule has 0 aromatic heterocycles. The third-order valence-corrected chi connectivity index (χ3v) is 5.14. The Kier molecular flexibility index (Phi) is 6.26. The van der Waals surface area contributed by atoms with Gasteiger partial charge in [-0.2, -0.15) is 0 Å². The fourth-order valence-electron chi connectivity index (χ4n) is 2.84. The number of aliphatic imine (C=N–C) groups is 1. The van der Waals surface area contributed by atoms with Crippen LogP contribution in [-0.4, -0.2) is 32.4 Å². The van der Waals surface area contributed by atoms with Gasteiger partial charge in [0, 0.05) is 0 Å². The monoisotopic (exact) mass is 398 g/mol. The number of hydrogen-bond donors (Lipinski definition) is 1. The summed E-state index contributed by atoms with van der Waals surface area (Å²) in [5.74, 6) is 1.38. The molecule has 7 heteroatoms. The van der Waals surface area contributed by atoms with E-state index in [0.29, 0.717) is 27.3 Å². The van der Waals surface area contributed by atoms with Gasteiger partial charge < -0.3 is 19.5 Å². The fraction of sp³-hybridized carbons (Fsp3) is 0.238. The molecule has 1 fully saturated rings. The van der Waals surface area contributed by atoms with Gasteiger partial charge >= 0.3 is 0 Å². The van der Waals surface area contributed by atoms with Gasteiger partial charge in [0.2, 0.25) is 5.75 Å². The quantitative estimate of drug-likeness (QED) is 0.740. The highest BCUT2D eigenvalue weighted by Crippen LogP contribution is 2.39. The Bertz CT molecular complexity index is 928. The van der Waals surface area contributed by atoms with Crippen LogP contribution in [0.15, 0.2) is 46.3 Å². The molecule has 0 aliphatic carbocycles. The van der Waals surface area contributed by atoms with Gasteiger partial charge in [-0.05, 0) is 53.6 Å². The largest absolute Gasteiger partial charge is 0.493 e. The third-order valence-electron chi connectivity index (χ3n) is 4.23. The second-order valence-corrected chi connectivity index (χ2v) is 6.95. The maximum absolute atomic E-state index is 12.4. The number of ether oxygens (including phenoxy) is 3. The van der Waals surface area contributed by atoms with E-state index >= 15 is 0 Å². The lowest BCUT2D eigenvalue weighted by Crippen LogP contribution is -2.19. The molecule has 0 spiro atoms. The van der Waals surface area contributed by atoms with Crippen LogP contribution in [0, 0.1) is 0 Å². The Morgan fingerprint density at radius 2 is 1.75 bits per heavy atom. The SMILES string of the molecule is CCc1ccccc1N=C1NC(=O)/C(=C\c2cc(OC)c(OC)c(OC)c2)S1. The van der Waals surface area contributed by atoms with Crippen LogP contribution in [0.4, 0.5) is 5.69 Å². The van der Waals surface area contributed by atoms with E-state index in [1.54, 1.807) is 39.5 Å². The Labute approximate surface area is 168 Å². The van der Waals surface area contributed by atoms with Crippen LogP contribution in [0.25, 0.3) is 6.08 Å². The van der Waals surface area contributed by atoms with E-state index in [2.05, 4.69) is 17.2 Å². The highest BCUT2D eigenvalue weighted by Gasteiger charge is 2.24. The predicted octanol–water partition coefficient (Wildman–Crippen LogP) is 4.17. The molecule has 0 bridgehead atoms. The number of benzene rings is 2. The number of nitrogens with one attached hydrogen (secondary N) is 1. The van der Waals surface area contributed by atoms with Crippen LogP contribution in [0.3, 0.4) is 0 Å². The number of carbonyl (C=O) groups is 1. The summed E-state index contributed by atoms with van der Waals surface area (Å²) in [7, 11) is 4.66. The molecule has 1 aliphatic heterocycles. The summed E-state index contributed by atoms with van der Waals surface area (Å²) < 4.78 is 16.1. The van der Waals surface area contributed by atoms with Gasteiger partial charge in [-0.25, -0.2) is 4.99 Å². The molecule has 3 rings (SSSR count). The molecule has 28 heavy (non-hydrogen) atoms. The molecule has 1 saturated heterocycles. The van der Waals surface area contributed by atoms with Crippen molar-refractivity contribution in [3.63, 3.8) is 0 Å². The van der Waals surface area contributed by atoms with Crippen LogP contribution in [-0.2, 0) is 11.2 Å². The summed E-state index contributed by atoms with van der Waals surface area (Å²) in [5.41, 5.74) is 2.76. The van der Waals surface area contributed by atoms with E-state index in [1.165, 1.54) is 11.8 Å². The summed E-state index contributed by atoms with van der Waals surface area (Å²) in [4.78, 5) is 17.5. The molecular formula is C21H22N2O4S. The Hall–Kier alpha value is -2.93. The normalized spacial score (nSPS) is 16.4. The van der Waals surface area contributed by atoms with E-state index < -0.39 is 0 Å². The lowest BCUT2D eigenvalue weighted by molar-refractivity contribution is -0.115. The molecule has 0 saturated carbocycles. The predicted molar refractivity (Wildman–Crippen MR) is 113 cm³/mol. The summed E-state index contributed by atoms with van der Waals surface area (Å²) in [6, 6.07) is 11.5. The molecule has 1 amide bonds. The van der Waals surface area contributed by atoms with Crippen molar-refractivity contribution in [2.45, 2.75) is 13.3 Å². The van der Waals surface area contributed by atoms with E-state index in [1.807, 2.05) is 24.3 Å². The first-order chi connectivity index (χ1) is 13.6. The molecule has 0 unspecified atom stereocenters. The lowest BCUT2D eigenvalue weighted by Gasteiger charge is -2.12. The van der Waals surface area contributed by atoms with Crippen LogP contribution in [0.2, 0.25) is 0 Å². The summed E-state index contributed by atoms with van der Waals surface area (Å²) in [5, 5.41) is 3.38. The Morgan fingerprint density at radius 3 is 2.36 bits per heavy atom. The van der Waals surface area contributed by atoms with Gasteiger partial charge in [0.25, 0.3) is 5.91 Å². The minimum atomic E-state index is -0.188. The van der Waals surface area contributed by atoms with Crippen LogP contribution < -0.4 is 19.5 Å². The summed E-state index contributed by atoms with van der Waals surface area (Å²) in [6.07, 6.45) is 2.65. The smallest absolute Gasteiger partial charge is 0.264 e. The number of amidine groups is 1. The van der Waals surface area contributed by atoms with Crippen molar-refractivity contribution in [2.24, 2.45) is 4.99 Å². The fourth-order valence-corrected chi connectivity index (χ4v) is 3.68. The first-order valence-electron chi connectivity index (χ1n) is 8.77. The molecule has 0 atom stereocenters. The maximum Gasteiger partial charge on any atom is 0.264 e. The summed E-state index contributed by atoms with van der Waals surface area (Å²) >= 11 is 1.30. The molecule has 146 valence electrons. The van der Waals surface area contributed by atoms with Crippen molar-refractivity contribution in [3.8, 4) is 17.2 Å². The number of hydrogen-bond acceptors (Lipinski definition) is 6. The average molecular weight is 398 g/mol. The number of aryl methyl sites for hydroxylation is 1. The second-order valence-electron chi connectivity index (χ2n) is 5.92. The van der Waals surface area contributed by atoms with Gasteiger partial charge in [0.05, 0.1) is 31.9 Å². The lowest BCUT2D eigenvalue weighted by atomic mass is 10.1. The molecule has 6 nitrogen and oxygen atoms in total. The average Bonchev–Trinajstić information content (AvgIpc) is 3.06. The molecule has 1 heterocycles. The van der Waals surface area contributed by atoms with Crippen LogP contribution in [0.5, 0.6) is 17.2 Å². The number of nitrogens with zero attached hydrogens (tertiary/aromatic N) is 1. The number of amides is 1. The van der Waals surface area contributed by atoms with Crippen molar-refractivity contribution < 1.29 is 19.0 Å². The van der Waals surface area contributed by atoms with Crippen LogP contribution in [0.1, 0.15) is 18.1 Å². The number of methoxy groups -OCH3 is 3. The van der Waals surface area contributed by atoms with Crippen molar-refractivity contribution in [3.05, 3.63) is 52.4 Å². The number of carbonyl (C=O) groups excluding carboxylic acids is 1. The second kappa shape index (κ2) is 8.84. The van der Waals surface area contributed by atoms with Gasteiger partial charge in [0.15, 0.2) is 16.7 Å². The van der Waals surface area contributed by atoms with E-state index in [-0.39, 0.29) is 5.91 Å². The highest BCUT2D eigenvalue weighted by molar-refractivity contribution is 8.18. The molecule has 2 aromatic rings. The Morgan fingerprint density at radius 1 is 1.07 bits per heavy atom. The molecule has 2 aromatic carbocycles. The van der Waals surface area contributed by atoms with E-state index in [0.717, 1.165) is 23.2 Å². The topological polar surface area (TPSA) is 69.2 Å². The van der Waals surface area contributed by atoms with Crippen molar-refractivity contribution in [1.29, 1.82) is 0 Å². The zero-order valence-electron chi connectivity index (χ0n) is 16.2. The molecular weight excluding hydrogens is 376 g/mol.